The summed E-state index contributed by atoms with van der Waals surface area (Å²) in [6.07, 6.45) is 5.18. The van der Waals surface area contributed by atoms with E-state index in [-0.39, 0.29) is 0 Å². The van der Waals surface area contributed by atoms with Gasteiger partial charge in [-0.2, -0.15) is 0 Å². The highest BCUT2D eigenvalue weighted by Gasteiger charge is 2.16. The molecule has 1 aromatic heterocycles. The Balaban J connectivity index is 1.92. The number of benzene rings is 1. The van der Waals surface area contributed by atoms with Gasteiger partial charge < -0.3 is 9.80 Å². The van der Waals surface area contributed by atoms with Crippen LogP contribution in [-0.2, 0) is 0 Å². The summed E-state index contributed by atoms with van der Waals surface area (Å²) in [7, 11) is 0. The highest BCUT2D eigenvalue weighted by Crippen LogP contribution is 2.27. The van der Waals surface area contributed by atoms with E-state index in [2.05, 4.69) is 52.0 Å². The van der Waals surface area contributed by atoms with Gasteiger partial charge in [-0.25, -0.2) is 9.97 Å². The number of aromatic nitrogens is 2. The first-order valence-corrected chi connectivity index (χ1v) is 8.71. The van der Waals surface area contributed by atoms with E-state index in [4.69, 9.17) is 4.98 Å². The predicted octanol–water partition coefficient (Wildman–Crippen LogP) is 4.32. The molecule has 1 aromatic carbocycles. The lowest BCUT2D eigenvalue weighted by Crippen LogP contribution is -2.26. The van der Waals surface area contributed by atoms with Crippen molar-refractivity contribution in [2.45, 2.75) is 39.5 Å². The maximum absolute atomic E-state index is 4.70. The summed E-state index contributed by atoms with van der Waals surface area (Å²) < 4.78 is 0. The van der Waals surface area contributed by atoms with Gasteiger partial charge in [-0.3, -0.25) is 0 Å². The van der Waals surface area contributed by atoms with Gasteiger partial charge in [0.15, 0.2) is 0 Å². The van der Waals surface area contributed by atoms with Gasteiger partial charge in [0.25, 0.3) is 0 Å². The molecule has 0 radical (unpaired) electrons. The zero-order chi connectivity index (χ0) is 16.1. The zero-order valence-electron chi connectivity index (χ0n) is 14.2. The van der Waals surface area contributed by atoms with Crippen molar-refractivity contribution in [2.75, 3.05) is 29.4 Å². The molecule has 0 amide bonds. The Morgan fingerprint density at radius 2 is 1.70 bits per heavy atom. The van der Waals surface area contributed by atoms with Crippen molar-refractivity contribution in [2.24, 2.45) is 0 Å². The summed E-state index contributed by atoms with van der Waals surface area (Å²) in [4.78, 5) is 14.1. The maximum Gasteiger partial charge on any atom is 0.138 e. The normalized spacial score (nSPS) is 15.3. The van der Waals surface area contributed by atoms with E-state index in [0.717, 1.165) is 37.1 Å². The summed E-state index contributed by atoms with van der Waals surface area (Å²) >= 11 is 0. The molecule has 1 fully saturated rings. The highest BCUT2D eigenvalue weighted by atomic mass is 15.2. The Morgan fingerprint density at radius 3 is 2.35 bits per heavy atom. The monoisotopic (exact) mass is 310 g/mol. The minimum absolute atomic E-state index is 0.844. The third-order valence-corrected chi connectivity index (χ3v) is 4.40. The molecule has 0 bridgehead atoms. The highest BCUT2D eigenvalue weighted by molar-refractivity contribution is 5.62. The lowest BCUT2D eigenvalue weighted by molar-refractivity contribution is 0.726. The van der Waals surface area contributed by atoms with Gasteiger partial charge in [0.2, 0.25) is 0 Å². The molecule has 2 aromatic rings. The fraction of sp³-hybridized carbons (Fsp3) is 0.474. The minimum atomic E-state index is 0.844. The Labute approximate surface area is 139 Å². The molecule has 0 unspecified atom stereocenters. The summed E-state index contributed by atoms with van der Waals surface area (Å²) in [6.45, 7) is 7.25. The van der Waals surface area contributed by atoms with E-state index < -0.39 is 0 Å². The third kappa shape index (κ3) is 3.81. The molecule has 1 aliphatic heterocycles. The summed E-state index contributed by atoms with van der Waals surface area (Å²) in [5.74, 6) is 2.91. The van der Waals surface area contributed by atoms with Crippen LogP contribution in [0.2, 0.25) is 0 Å². The number of para-hydroxylation sites is 1. The standard InChI is InChI=1S/C19H26N4/c1-3-23(17-11-7-6-8-12-17)19-15-18(20-16(2)21-19)22-13-9-4-5-10-14-22/h6-8,11-12,15H,3-5,9-10,13-14H2,1-2H3. The van der Waals surface area contributed by atoms with Gasteiger partial charge in [0.05, 0.1) is 0 Å². The van der Waals surface area contributed by atoms with Crippen LogP contribution < -0.4 is 9.80 Å². The first kappa shape index (κ1) is 15.8. The van der Waals surface area contributed by atoms with E-state index in [0.29, 0.717) is 0 Å². The van der Waals surface area contributed by atoms with Crippen molar-refractivity contribution in [1.29, 1.82) is 0 Å². The van der Waals surface area contributed by atoms with Crippen molar-refractivity contribution in [3.8, 4) is 0 Å². The number of hydrogen-bond donors (Lipinski definition) is 0. The quantitative estimate of drug-likeness (QED) is 0.841. The lowest BCUT2D eigenvalue weighted by atomic mass is 10.2. The van der Waals surface area contributed by atoms with Gasteiger partial charge in [-0.05, 0) is 38.8 Å². The summed E-state index contributed by atoms with van der Waals surface area (Å²) in [5, 5.41) is 0. The number of nitrogens with zero attached hydrogens (tertiary/aromatic N) is 4. The van der Waals surface area contributed by atoms with Crippen LogP contribution >= 0.6 is 0 Å². The van der Waals surface area contributed by atoms with Gasteiger partial charge in [-0.15, -0.1) is 0 Å². The van der Waals surface area contributed by atoms with Crippen LogP contribution in [0.4, 0.5) is 17.3 Å². The number of anilines is 3. The van der Waals surface area contributed by atoms with E-state index in [1.807, 2.05) is 13.0 Å². The molecule has 0 N–H and O–H groups in total. The van der Waals surface area contributed by atoms with Crippen LogP contribution in [0.1, 0.15) is 38.4 Å². The molecule has 1 saturated heterocycles. The number of rotatable bonds is 4. The van der Waals surface area contributed by atoms with E-state index >= 15 is 0 Å². The van der Waals surface area contributed by atoms with Crippen molar-refractivity contribution in [1.82, 2.24) is 9.97 Å². The minimum Gasteiger partial charge on any atom is -0.356 e. The average molecular weight is 310 g/mol. The Morgan fingerprint density at radius 1 is 1.00 bits per heavy atom. The van der Waals surface area contributed by atoms with Crippen molar-refractivity contribution in [3.05, 3.63) is 42.2 Å². The fourth-order valence-corrected chi connectivity index (χ4v) is 3.22. The molecular formula is C19H26N4. The van der Waals surface area contributed by atoms with Gasteiger partial charge in [0.1, 0.15) is 17.5 Å². The Hall–Kier alpha value is -2.10. The van der Waals surface area contributed by atoms with Gasteiger partial charge in [0, 0.05) is 31.4 Å². The van der Waals surface area contributed by atoms with E-state index in [9.17, 15) is 0 Å². The summed E-state index contributed by atoms with van der Waals surface area (Å²) in [5.41, 5.74) is 1.18. The van der Waals surface area contributed by atoms with E-state index in [1.54, 1.807) is 0 Å². The molecule has 3 rings (SSSR count). The van der Waals surface area contributed by atoms with Gasteiger partial charge in [-0.1, -0.05) is 31.0 Å². The molecular weight excluding hydrogens is 284 g/mol. The molecule has 0 aliphatic carbocycles. The first-order valence-electron chi connectivity index (χ1n) is 8.71. The Kier molecular flexibility index (Phi) is 5.11. The molecule has 0 spiro atoms. The topological polar surface area (TPSA) is 32.3 Å². The molecule has 4 nitrogen and oxygen atoms in total. The van der Waals surface area contributed by atoms with Crippen molar-refractivity contribution >= 4 is 17.3 Å². The van der Waals surface area contributed by atoms with Crippen LogP contribution in [0.15, 0.2) is 36.4 Å². The summed E-state index contributed by atoms with van der Waals surface area (Å²) in [6, 6.07) is 12.6. The molecule has 23 heavy (non-hydrogen) atoms. The van der Waals surface area contributed by atoms with E-state index in [1.165, 1.54) is 31.4 Å². The van der Waals surface area contributed by atoms with Crippen LogP contribution in [0.25, 0.3) is 0 Å². The SMILES string of the molecule is CCN(c1ccccc1)c1cc(N2CCCCCC2)nc(C)n1. The molecule has 2 heterocycles. The largest absolute Gasteiger partial charge is 0.356 e. The third-order valence-electron chi connectivity index (χ3n) is 4.40. The van der Waals surface area contributed by atoms with Crippen LogP contribution in [0.5, 0.6) is 0 Å². The van der Waals surface area contributed by atoms with Crippen molar-refractivity contribution in [3.63, 3.8) is 0 Å². The average Bonchev–Trinajstić information content (AvgIpc) is 2.85. The molecule has 0 atom stereocenters. The Bertz CT molecular complexity index is 619. The second-order valence-electron chi connectivity index (χ2n) is 6.11. The molecule has 1 aliphatic rings. The van der Waals surface area contributed by atoms with Crippen LogP contribution in [0.3, 0.4) is 0 Å². The number of hydrogen-bond acceptors (Lipinski definition) is 4. The smallest absolute Gasteiger partial charge is 0.138 e. The van der Waals surface area contributed by atoms with Gasteiger partial charge >= 0.3 is 0 Å². The second kappa shape index (κ2) is 7.44. The maximum atomic E-state index is 4.70. The first-order chi connectivity index (χ1) is 11.3. The predicted molar refractivity (Wildman–Crippen MR) is 96.6 cm³/mol. The molecule has 4 heteroatoms. The number of aryl methyl sites for hydroxylation is 1. The zero-order valence-corrected chi connectivity index (χ0v) is 14.2. The lowest BCUT2D eigenvalue weighted by Gasteiger charge is -2.26. The second-order valence-corrected chi connectivity index (χ2v) is 6.11. The van der Waals surface area contributed by atoms with Crippen LogP contribution in [-0.4, -0.2) is 29.6 Å². The fourth-order valence-electron chi connectivity index (χ4n) is 3.22. The molecule has 122 valence electrons. The van der Waals surface area contributed by atoms with Crippen LogP contribution in [0, 0.1) is 6.92 Å². The van der Waals surface area contributed by atoms with Crippen molar-refractivity contribution < 1.29 is 0 Å². The molecule has 0 saturated carbocycles.